The molecule has 1 nitrogen and oxygen atoms in total. The largest absolute Gasteiger partial charge is 0.408 e. The van der Waals surface area contributed by atoms with Crippen molar-refractivity contribution in [3.8, 4) is 0 Å². The van der Waals surface area contributed by atoms with Gasteiger partial charge in [-0.1, -0.05) is 30.3 Å². The summed E-state index contributed by atoms with van der Waals surface area (Å²) < 4.78 is 6.41. The van der Waals surface area contributed by atoms with E-state index < -0.39 is 8.32 Å². The van der Waals surface area contributed by atoms with Gasteiger partial charge in [-0.05, 0) is 62.2 Å². The van der Waals surface area contributed by atoms with Crippen molar-refractivity contribution in [1.82, 2.24) is 0 Å². The standard InChI is InChI=1S/C15H21ClOSi/c1-12(13-6-8-14(16)9-7-13)15(10-5-11-15)17-18(2,3)4/h6-9H,1,5,10-11H2,2-4H3. The van der Waals surface area contributed by atoms with E-state index in [1.807, 2.05) is 24.3 Å². The van der Waals surface area contributed by atoms with Crippen LogP contribution in [0.4, 0.5) is 0 Å². The molecule has 1 aromatic carbocycles. The van der Waals surface area contributed by atoms with Crippen molar-refractivity contribution in [2.45, 2.75) is 44.5 Å². The Hall–Kier alpha value is -0.573. The Morgan fingerprint density at radius 1 is 1.22 bits per heavy atom. The van der Waals surface area contributed by atoms with Crippen LogP contribution in [0.2, 0.25) is 24.7 Å². The van der Waals surface area contributed by atoms with Gasteiger partial charge in [-0.3, -0.25) is 0 Å². The molecule has 98 valence electrons. The van der Waals surface area contributed by atoms with Crippen molar-refractivity contribution in [3.63, 3.8) is 0 Å². The average molecular weight is 281 g/mol. The number of hydrogen-bond donors (Lipinski definition) is 0. The Kier molecular flexibility index (Phi) is 3.72. The first-order chi connectivity index (χ1) is 8.32. The zero-order valence-corrected chi connectivity index (χ0v) is 13.2. The van der Waals surface area contributed by atoms with Gasteiger partial charge in [-0.25, -0.2) is 0 Å². The summed E-state index contributed by atoms with van der Waals surface area (Å²) in [6.07, 6.45) is 3.43. The van der Waals surface area contributed by atoms with Gasteiger partial charge >= 0.3 is 0 Å². The van der Waals surface area contributed by atoms with Gasteiger partial charge in [0, 0.05) is 5.02 Å². The summed E-state index contributed by atoms with van der Waals surface area (Å²) in [5.74, 6) is 0. The number of halogens is 1. The Morgan fingerprint density at radius 2 is 1.78 bits per heavy atom. The van der Waals surface area contributed by atoms with Gasteiger partial charge in [-0.15, -0.1) is 0 Å². The molecule has 0 spiro atoms. The summed E-state index contributed by atoms with van der Waals surface area (Å²) in [6.45, 7) is 11.0. The maximum atomic E-state index is 6.41. The van der Waals surface area contributed by atoms with Crippen LogP contribution in [0.1, 0.15) is 24.8 Å². The third-order valence-corrected chi connectivity index (χ3v) is 4.66. The molecular weight excluding hydrogens is 260 g/mol. The van der Waals surface area contributed by atoms with Gasteiger partial charge in [0.1, 0.15) is 0 Å². The monoisotopic (exact) mass is 280 g/mol. The van der Waals surface area contributed by atoms with Crippen molar-refractivity contribution >= 4 is 25.5 Å². The minimum atomic E-state index is -1.56. The van der Waals surface area contributed by atoms with E-state index in [2.05, 4.69) is 26.2 Å². The summed E-state index contributed by atoms with van der Waals surface area (Å²) in [5, 5.41) is 0.764. The van der Waals surface area contributed by atoms with Crippen molar-refractivity contribution in [1.29, 1.82) is 0 Å². The van der Waals surface area contributed by atoms with E-state index in [0.29, 0.717) is 0 Å². The van der Waals surface area contributed by atoms with Crippen molar-refractivity contribution in [3.05, 3.63) is 41.4 Å². The Morgan fingerprint density at radius 3 is 2.17 bits per heavy atom. The van der Waals surface area contributed by atoms with Crippen LogP contribution in [-0.4, -0.2) is 13.9 Å². The fraction of sp³-hybridized carbons (Fsp3) is 0.467. The van der Waals surface area contributed by atoms with Crippen LogP contribution in [0, 0.1) is 0 Å². The van der Waals surface area contributed by atoms with Crippen LogP contribution in [0.3, 0.4) is 0 Å². The Balaban J connectivity index is 2.23. The molecule has 1 aliphatic carbocycles. The van der Waals surface area contributed by atoms with E-state index in [4.69, 9.17) is 16.0 Å². The molecule has 0 heterocycles. The van der Waals surface area contributed by atoms with Crippen LogP contribution in [0.5, 0.6) is 0 Å². The normalized spacial score (nSPS) is 18.2. The summed E-state index contributed by atoms with van der Waals surface area (Å²) in [4.78, 5) is 0. The fourth-order valence-corrected chi connectivity index (χ4v) is 4.09. The number of benzene rings is 1. The molecule has 0 bridgehead atoms. The van der Waals surface area contributed by atoms with Gasteiger partial charge in [0.2, 0.25) is 0 Å². The van der Waals surface area contributed by atoms with Gasteiger partial charge < -0.3 is 4.43 Å². The molecule has 1 aromatic rings. The molecule has 0 radical (unpaired) electrons. The Labute approximate surface area is 116 Å². The number of rotatable bonds is 4. The topological polar surface area (TPSA) is 9.23 Å². The maximum absolute atomic E-state index is 6.41. The lowest BCUT2D eigenvalue weighted by molar-refractivity contribution is 0.0432. The molecule has 1 saturated carbocycles. The van der Waals surface area contributed by atoms with Gasteiger partial charge in [-0.2, -0.15) is 0 Å². The van der Waals surface area contributed by atoms with Crippen molar-refractivity contribution in [2.75, 3.05) is 0 Å². The van der Waals surface area contributed by atoms with Crippen molar-refractivity contribution in [2.24, 2.45) is 0 Å². The number of hydrogen-bond acceptors (Lipinski definition) is 1. The third kappa shape index (κ3) is 2.87. The van der Waals surface area contributed by atoms with Crippen LogP contribution in [0.25, 0.3) is 5.57 Å². The first-order valence-corrected chi connectivity index (χ1v) is 10.3. The average Bonchev–Trinajstić information content (AvgIpc) is 2.22. The summed E-state index contributed by atoms with van der Waals surface area (Å²) in [5.41, 5.74) is 2.16. The second kappa shape index (κ2) is 4.84. The van der Waals surface area contributed by atoms with E-state index in [1.165, 1.54) is 6.42 Å². The van der Waals surface area contributed by atoms with Gasteiger partial charge in [0.05, 0.1) is 5.60 Å². The van der Waals surface area contributed by atoms with E-state index in [0.717, 1.165) is 29.0 Å². The lowest BCUT2D eigenvalue weighted by Crippen LogP contribution is -2.48. The van der Waals surface area contributed by atoms with Crippen LogP contribution in [-0.2, 0) is 4.43 Å². The second-order valence-electron chi connectivity index (χ2n) is 6.05. The maximum Gasteiger partial charge on any atom is 0.184 e. The molecule has 3 heteroatoms. The van der Waals surface area contributed by atoms with Crippen LogP contribution in [0.15, 0.2) is 30.8 Å². The molecule has 0 N–H and O–H groups in total. The molecule has 18 heavy (non-hydrogen) atoms. The zero-order chi connectivity index (χ0) is 13.4. The molecule has 1 fully saturated rings. The molecule has 0 amide bonds. The van der Waals surface area contributed by atoms with E-state index in [1.54, 1.807) is 0 Å². The summed E-state index contributed by atoms with van der Waals surface area (Å²) in [6, 6.07) is 7.92. The molecule has 0 unspecified atom stereocenters. The summed E-state index contributed by atoms with van der Waals surface area (Å²) in [7, 11) is -1.56. The quantitative estimate of drug-likeness (QED) is 0.695. The molecular formula is C15H21ClOSi. The molecule has 2 rings (SSSR count). The predicted octanol–water partition coefficient (Wildman–Crippen LogP) is 5.13. The van der Waals surface area contributed by atoms with E-state index in [-0.39, 0.29) is 5.60 Å². The molecule has 0 atom stereocenters. The lowest BCUT2D eigenvalue weighted by Gasteiger charge is -2.47. The van der Waals surface area contributed by atoms with Crippen LogP contribution < -0.4 is 0 Å². The minimum Gasteiger partial charge on any atom is -0.408 e. The molecule has 0 aromatic heterocycles. The smallest absolute Gasteiger partial charge is 0.184 e. The first-order valence-electron chi connectivity index (χ1n) is 6.48. The Bertz CT molecular complexity index is 441. The highest BCUT2D eigenvalue weighted by atomic mass is 35.5. The SMILES string of the molecule is C=C(c1ccc(Cl)cc1)C1(O[Si](C)(C)C)CCC1. The lowest BCUT2D eigenvalue weighted by atomic mass is 9.73. The summed E-state index contributed by atoms with van der Waals surface area (Å²) >= 11 is 5.93. The van der Waals surface area contributed by atoms with Gasteiger partial charge in [0.25, 0.3) is 0 Å². The second-order valence-corrected chi connectivity index (χ2v) is 10.9. The zero-order valence-electron chi connectivity index (χ0n) is 11.4. The van der Waals surface area contributed by atoms with Crippen molar-refractivity contribution < 1.29 is 4.43 Å². The molecule has 0 saturated heterocycles. The third-order valence-electron chi connectivity index (χ3n) is 3.41. The predicted molar refractivity (Wildman–Crippen MR) is 81.5 cm³/mol. The fourth-order valence-electron chi connectivity index (χ4n) is 2.46. The molecule has 1 aliphatic rings. The highest BCUT2D eigenvalue weighted by molar-refractivity contribution is 6.69. The van der Waals surface area contributed by atoms with Gasteiger partial charge in [0.15, 0.2) is 8.32 Å². The minimum absolute atomic E-state index is 0.113. The highest BCUT2D eigenvalue weighted by Gasteiger charge is 2.43. The van der Waals surface area contributed by atoms with E-state index in [9.17, 15) is 0 Å². The first kappa shape index (κ1) is 13.8. The highest BCUT2D eigenvalue weighted by Crippen LogP contribution is 2.46. The molecule has 0 aliphatic heterocycles. The van der Waals surface area contributed by atoms with Crippen LogP contribution >= 0.6 is 11.6 Å². The van der Waals surface area contributed by atoms with E-state index >= 15 is 0 Å².